The first-order chi connectivity index (χ1) is 12.2. The number of rotatable bonds is 4. The second kappa shape index (κ2) is 6.43. The Balaban J connectivity index is 1.45. The Morgan fingerprint density at radius 2 is 2.24 bits per heavy atom. The van der Waals surface area contributed by atoms with Gasteiger partial charge in [0.15, 0.2) is 0 Å². The highest BCUT2D eigenvalue weighted by atomic mass is 19.1. The fourth-order valence-electron chi connectivity index (χ4n) is 3.59. The van der Waals surface area contributed by atoms with Gasteiger partial charge in [-0.2, -0.15) is 5.10 Å². The molecule has 0 saturated heterocycles. The predicted octanol–water partition coefficient (Wildman–Crippen LogP) is 2.74. The third-order valence-corrected chi connectivity index (χ3v) is 4.99. The molecule has 5 nitrogen and oxygen atoms in total. The van der Waals surface area contributed by atoms with Crippen LogP contribution < -0.4 is 5.32 Å². The average Bonchev–Trinajstić information content (AvgIpc) is 3.41. The fourth-order valence-corrected chi connectivity index (χ4v) is 3.59. The number of amides is 1. The van der Waals surface area contributed by atoms with Gasteiger partial charge in [0.25, 0.3) is 0 Å². The van der Waals surface area contributed by atoms with Gasteiger partial charge in [-0.1, -0.05) is 12.1 Å². The lowest BCUT2D eigenvalue weighted by molar-refractivity contribution is -0.133. The summed E-state index contributed by atoms with van der Waals surface area (Å²) >= 11 is 0. The maximum absolute atomic E-state index is 13.4. The number of anilines is 1. The van der Waals surface area contributed by atoms with Crippen LogP contribution in [0.4, 0.5) is 10.2 Å². The normalized spacial score (nSPS) is 21.6. The molecule has 130 valence electrons. The Kier molecular flexibility index (Phi) is 4.11. The molecule has 1 aromatic carbocycles. The molecular formula is C19H21FN4O. The van der Waals surface area contributed by atoms with E-state index in [4.69, 9.17) is 0 Å². The van der Waals surface area contributed by atoms with Crippen LogP contribution in [-0.2, 0) is 17.8 Å². The molecule has 2 atom stereocenters. The van der Waals surface area contributed by atoms with E-state index in [9.17, 15) is 9.18 Å². The number of fused-ring (bicyclic) bond motifs is 1. The van der Waals surface area contributed by atoms with Crippen molar-refractivity contribution >= 4 is 11.7 Å². The molecule has 25 heavy (non-hydrogen) atoms. The summed E-state index contributed by atoms with van der Waals surface area (Å²) in [5.41, 5.74) is 2.97. The largest absolute Gasteiger partial charge is 0.369 e. The summed E-state index contributed by atoms with van der Waals surface area (Å²) in [4.78, 5) is 14.7. The highest BCUT2D eigenvalue weighted by molar-refractivity contribution is 5.83. The van der Waals surface area contributed by atoms with Crippen LogP contribution in [0.1, 0.15) is 36.1 Å². The van der Waals surface area contributed by atoms with Crippen LogP contribution >= 0.6 is 0 Å². The van der Waals surface area contributed by atoms with Gasteiger partial charge in [-0.15, -0.1) is 5.10 Å². The molecule has 1 saturated carbocycles. The molecule has 2 aliphatic rings. The summed E-state index contributed by atoms with van der Waals surface area (Å²) in [5, 5.41) is 11.6. The first kappa shape index (κ1) is 16.0. The minimum absolute atomic E-state index is 0.0219. The maximum atomic E-state index is 13.4. The molecule has 6 heteroatoms. The Labute approximate surface area is 146 Å². The summed E-state index contributed by atoms with van der Waals surface area (Å²) in [6.07, 6.45) is 1.54. The summed E-state index contributed by atoms with van der Waals surface area (Å²) in [5.74, 6) is 0.808. The molecule has 4 rings (SSSR count). The first-order valence-electron chi connectivity index (χ1n) is 8.79. The molecule has 2 aromatic rings. The van der Waals surface area contributed by atoms with E-state index >= 15 is 0 Å². The Hall–Kier alpha value is -2.50. The third-order valence-electron chi connectivity index (χ3n) is 4.99. The summed E-state index contributed by atoms with van der Waals surface area (Å²) < 4.78 is 13.4. The molecule has 1 aromatic heterocycles. The van der Waals surface area contributed by atoms with Gasteiger partial charge in [0.2, 0.25) is 5.91 Å². The van der Waals surface area contributed by atoms with Crippen LogP contribution in [0.5, 0.6) is 0 Å². The van der Waals surface area contributed by atoms with E-state index in [0.717, 1.165) is 42.0 Å². The molecular weight excluding hydrogens is 319 g/mol. The fraction of sp³-hybridized carbons (Fsp3) is 0.421. The number of halogens is 1. The molecule has 0 bridgehead atoms. The summed E-state index contributed by atoms with van der Waals surface area (Å²) in [6.45, 7) is 4.05. The topological polar surface area (TPSA) is 58.1 Å². The van der Waals surface area contributed by atoms with Gasteiger partial charge in [0.1, 0.15) is 11.6 Å². The Morgan fingerprint density at radius 1 is 1.36 bits per heavy atom. The number of carbonyl (C=O) groups is 1. The van der Waals surface area contributed by atoms with Crippen LogP contribution in [0.25, 0.3) is 0 Å². The Bertz CT molecular complexity index is 810. The molecule has 0 unspecified atom stereocenters. The van der Waals surface area contributed by atoms with Crippen LogP contribution in [0.3, 0.4) is 0 Å². The molecule has 1 amide bonds. The number of benzene rings is 1. The van der Waals surface area contributed by atoms with Gasteiger partial charge < -0.3 is 10.2 Å². The summed E-state index contributed by atoms with van der Waals surface area (Å²) in [6, 6.07) is 8.59. The number of nitrogens with one attached hydrogen (secondary N) is 1. The van der Waals surface area contributed by atoms with Crippen LogP contribution in [0.15, 0.2) is 30.3 Å². The summed E-state index contributed by atoms with van der Waals surface area (Å²) in [7, 11) is 0. The van der Waals surface area contributed by atoms with E-state index < -0.39 is 0 Å². The van der Waals surface area contributed by atoms with Crippen molar-refractivity contribution in [2.75, 3.05) is 18.4 Å². The van der Waals surface area contributed by atoms with Crippen molar-refractivity contribution in [2.45, 2.75) is 32.2 Å². The maximum Gasteiger partial charge on any atom is 0.226 e. The highest BCUT2D eigenvalue weighted by Crippen LogP contribution is 2.48. The molecule has 1 aliphatic carbocycles. The molecule has 1 fully saturated rings. The second-order valence-electron chi connectivity index (χ2n) is 6.75. The lowest BCUT2D eigenvalue weighted by Crippen LogP contribution is -2.37. The van der Waals surface area contributed by atoms with Gasteiger partial charge >= 0.3 is 0 Å². The van der Waals surface area contributed by atoms with Gasteiger partial charge in [0.05, 0.1) is 5.69 Å². The van der Waals surface area contributed by atoms with Gasteiger partial charge in [-0.25, -0.2) is 4.39 Å². The Morgan fingerprint density at radius 3 is 3.04 bits per heavy atom. The van der Waals surface area contributed by atoms with Crippen molar-refractivity contribution in [3.8, 4) is 0 Å². The number of hydrogen-bond acceptors (Lipinski definition) is 4. The minimum atomic E-state index is -0.239. The van der Waals surface area contributed by atoms with E-state index in [1.807, 2.05) is 24.0 Å². The highest BCUT2D eigenvalue weighted by Gasteiger charge is 2.46. The third kappa shape index (κ3) is 3.21. The smallest absolute Gasteiger partial charge is 0.226 e. The van der Waals surface area contributed by atoms with Crippen molar-refractivity contribution in [1.82, 2.24) is 15.1 Å². The van der Waals surface area contributed by atoms with Gasteiger partial charge in [-0.05, 0) is 48.6 Å². The van der Waals surface area contributed by atoms with Gasteiger partial charge in [0, 0.05) is 32.0 Å². The molecule has 1 aliphatic heterocycles. The average molecular weight is 340 g/mol. The number of hydrogen-bond donors (Lipinski definition) is 1. The number of aromatic nitrogens is 2. The molecule has 0 radical (unpaired) electrons. The van der Waals surface area contributed by atoms with Crippen molar-refractivity contribution < 1.29 is 9.18 Å². The molecule has 2 heterocycles. The van der Waals surface area contributed by atoms with E-state index in [1.165, 1.54) is 6.07 Å². The standard InChI is InChI=1S/C19H21FN4O/c1-2-21-18-9-13-11-24(7-6-17(13)22-23-18)19(25)16-10-15(16)12-4-3-5-14(20)8-12/h3-5,8-9,15-16H,2,6-7,10-11H2,1H3,(H,21,23)/t15-,16-/m1/s1. The van der Waals surface area contributed by atoms with Crippen LogP contribution in [-0.4, -0.2) is 34.1 Å². The van der Waals surface area contributed by atoms with Crippen molar-refractivity contribution in [2.24, 2.45) is 5.92 Å². The lowest BCUT2D eigenvalue weighted by atomic mass is 10.0. The first-order valence-corrected chi connectivity index (χ1v) is 8.79. The minimum Gasteiger partial charge on any atom is -0.369 e. The number of carbonyl (C=O) groups excluding carboxylic acids is 1. The lowest BCUT2D eigenvalue weighted by Gasteiger charge is -2.28. The second-order valence-corrected chi connectivity index (χ2v) is 6.75. The zero-order valence-electron chi connectivity index (χ0n) is 14.2. The van der Waals surface area contributed by atoms with E-state index in [-0.39, 0.29) is 23.6 Å². The molecule has 1 N–H and O–H groups in total. The number of nitrogens with zero attached hydrogens (tertiary/aromatic N) is 3. The van der Waals surface area contributed by atoms with Crippen molar-refractivity contribution in [3.63, 3.8) is 0 Å². The van der Waals surface area contributed by atoms with Crippen LogP contribution in [0.2, 0.25) is 0 Å². The van der Waals surface area contributed by atoms with E-state index in [0.29, 0.717) is 13.1 Å². The van der Waals surface area contributed by atoms with Gasteiger partial charge in [-0.3, -0.25) is 4.79 Å². The monoisotopic (exact) mass is 340 g/mol. The van der Waals surface area contributed by atoms with Crippen molar-refractivity contribution in [3.05, 3.63) is 53.0 Å². The quantitative estimate of drug-likeness (QED) is 0.930. The zero-order valence-corrected chi connectivity index (χ0v) is 14.2. The van der Waals surface area contributed by atoms with E-state index in [2.05, 4.69) is 15.5 Å². The SMILES string of the molecule is CCNc1cc2c(nn1)CCN(C(=O)[C@@H]1C[C@@H]1c1cccc(F)c1)C2. The molecule has 0 spiro atoms. The van der Waals surface area contributed by atoms with Crippen molar-refractivity contribution in [1.29, 1.82) is 0 Å². The zero-order chi connectivity index (χ0) is 17.4. The predicted molar refractivity (Wildman–Crippen MR) is 92.6 cm³/mol. The van der Waals surface area contributed by atoms with E-state index in [1.54, 1.807) is 12.1 Å². The van der Waals surface area contributed by atoms with Crippen LogP contribution in [0, 0.1) is 11.7 Å².